The van der Waals surface area contributed by atoms with Crippen LogP contribution in [0.5, 0.6) is 0 Å². The van der Waals surface area contributed by atoms with Crippen molar-refractivity contribution in [2.24, 2.45) is 5.92 Å². The maximum Gasteiger partial charge on any atom is 0.201 e. The molecule has 2 N–H and O–H groups in total. The largest absolute Gasteiger partial charge is 0.356 e. The average Bonchev–Trinajstić information content (AvgIpc) is 2.81. The van der Waals surface area contributed by atoms with Crippen LogP contribution in [0, 0.1) is 5.92 Å². The molecule has 3 rings (SSSR count). The Morgan fingerprint density at radius 2 is 2.32 bits per heavy atom. The van der Waals surface area contributed by atoms with E-state index in [1.165, 1.54) is 32.4 Å². The molecular weight excluding hydrogens is 236 g/mol. The van der Waals surface area contributed by atoms with Gasteiger partial charge in [0.15, 0.2) is 0 Å². The van der Waals surface area contributed by atoms with E-state index in [1.54, 1.807) is 0 Å². The van der Waals surface area contributed by atoms with Crippen molar-refractivity contribution >= 4 is 17.0 Å². The number of aromatic nitrogens is 2. The van der Waals surface area contributed by atoms with Crippen LogP contribution in [0.25, 0.3) is 11.0 Å². The summed E-state index contributed by atoms with van der Waals surface area (Å²) >= 11 is 0. The summed E-state index contributed by atoms with van der Waals surface area (Å²) in [5.74, 6) is 1.72. The van der Waals surface area contributed by atoms with Crippen molar-refractivity contribution in [2.75, 3.05) is 32.0 Å². The third kappa shape index (κ3) is 3.07. The number of imidazole rings is 1. The molecule has 0 bridgehead atoms. The summed E-state index contributed by atoms with van der Waals surface area (Å²) in [4.78, 5) is 10.3. The fourth-order valence-electron chi connectivity index (χ4n) is 2.94. The Balaban J connectivity index is 1.51. The van der Waals surface area contributed by atoms with Crippen LogP contribution in [0.2, 0.25) is 0 Å². The molecule has 1 aromatic heterocycles. The summed E-state index contributed by atoms with van der Waals surface area (Å²) in [6.45, 7) is 3.49. The molecule has 1 saturated heterocycles. The van der Waals surface area contributed by atoms with E-state index < -0.39 is 0 Å². The van der Waals surface area contributed by atoms with Gasteiger partial charge in [-0.15, -0.1) is 0 Å². The maximum absolute atomic E-state index is 4.53. The Morgan fingerprint density at radius 3 is 3.16 bits per heavy atom. The van der Waals surface area contributed by atoms with Gasteiger partial charge in [-0.3, -0.25) is 0 Å². The van der Waals surface area contributed by atoms with Crippen LogP contribution in [0.4, 0.5) is 5.95 Å². The van der Waals surface area contributed by atoms with Crippen molar-refractivity contribution in [1.82, 2.24) is 14.9 Å². The molecule has 0 aliphatic carbocycles. The molecule has 1 aliphatic rings. The molecule has 102 valence electrons. The third-order valence-electron chi connectivity index (χ3n) is 3.96. The third-order valence-corrected chi connectivity index (χ3v) is 3.96. The van der Waals surface area contributed by atoms with Gasteiger partial charge in [-0.05, 0) is 50.9 Å². The van der Waals surface area contributed by atoms with Crippen LogP contribution in [-0.2, 0) is 0 Å². The zero-order chi connectivity index (χ0) is 13.1. The summed E-state index contributed by atoms with van der Waals surface area (Å²) in [5, 5.41) is 3.41. The number of fused-ring (bicyclic) bond motifs is 1. The number of hydrogen-bond acceptors (Lipinski definition) is 3. The number of piperidine rings is 1. The Labute approximate surface area is 114 Å². The second kappa shape index (κ2) is 5.61. The topological polar surface area (TPSA) is 44.0 Å². The van der Waals surface area contributed by atoms with Crippen LogP contribution in [-0.4, -0.2) is 41.5 Å². The van der Waals surface area contributed by atoms with Crippen LogP contribution in [0.3, 0.4) is 0 Å². The lowest BCUT2D eigenvalue weighted by Crippen LogP contribution is -2.32. The first kappa shape index (κ1) is 12.5. The zero-order valence-electron chi connectivity index (χ0n) is 11.5. The number of benzene rings is 1. The Bertz CT molecular complexity index is 501. The molecule has 4 nitrogen and oxygen atoms in total. The van der Waals surface area contributed by atoms with Gasteiger partial charge < -0.3 is 15.2 Å². The first-order chi connectivity index (χ1) is 9.31. The van der Waals surface area contributed by atoms with Gasteiger partial charge in [0.05, 0.1) is 11.0 Å². The van der Waals surface area contributed by atoms with Gasteiger partial charge >= 0.3 is 0 Å². The summed E-state index contributed by atoms with van der Waals surface area (Å²) in [5.41, 5.74) is 2.13. The van der Waals surface area contributed by atoms with E-state index >= 15 is 0 Å². The van der Waals surface area contributed by atoms with Crippen molar-refractivity contribution in [3.05, 3.63) is 24.3 Å². The van der Waals surface area contributed by atoms with E-state index in [9.17, 15) is 0 Å². The van der Waals surface area contributed by atoms with Crippen molar-refractivity contribution in [1.29, 1.82) is 0 Å². The quantitative estimate of drug-likeness (QED) is 0.886. The lowest BCUT2D eigenvalue weighted by molar-refractivity contribution is 0.205. The molecule has 0 saturated carbocycles. The number of hydrogen-bond donors (Lipinski definition) is 2. The average molecular weight is 258 g/mol. The SMILES string of the molecule is CN1CCCC(CCNc2nc3ccccc3[nH]2)C1. The number of nitrogens with one attached hydrogen (secondary N) is 2. The highest BCUT2D eigenvalue weighted by Gasteiger charge is 2.16. The monoisotopic (exact) mass is 258 g/mol. The number of nitrogens with zero attached hydrogens (tertiary/aromatic N) is 2. The van der Waals surface area contributed by atoms with Gasteiger partial charge in [0.2, 0.25) is 5.95 Å². The Hall–Kier alpha value is -1.55. The van der Waals surface area contributed by atoms with Gasteiger partial charge in [0.25, 0.3) is 0 Å². The zero-order valence-corrected chi connectivity index (χ0v) is 11.5. The van der Waals surface area contributed by atoms with Gasteiger partial charge in [-0.2, -0.15) is 0 Å². The molecule has 19 heavy (non-hydrogen) atoms. The van der Waals surface area contributed by atoms with Crippen molar-refractivity contribution < 1.29 is 0 Å². The van der Waals surface area contributed by atoms with E-state index in [1.807, 2.05) is 18.2 Å². The van der Waals surface area contributed by atoms with Crippen LogP contribution in [0.1, 0.15) is 19.3 Å². The highest BCUT2D eigenvalue weighted by atomic mass is 15.1. The molecule has 4 heteroatoms. The highest BCUT2D eigenvalue weighted by Crippen LogP contribution is 2.19. The van der Waals surface area contributed by atoms with Gasteiger partial charge in [0, 0.05) is 13.1 Å². The second-order valence-electron chi connectivity index (χ2n) is 5.59. The number of para-hydroxylation sites is 2. The molecule has 1 fully saturated rings. The lowest BCUT2D eigenvalue weighted by atomic mass is 9.95. The standard InChI is InChI=1S/C15H22N4/c1-19-10-4-5-12(11-19)8-9-16-15-17-13-6-2-3-7-14(13)18-15/h2-3,6-7,12H,4-5,8-11H2,1H3,(H2,16,17,18). The fraction of sp³-hybridized carbons (Fsp3) is 0.533. The molecule has 0 spiro atoms. The Morgan fingerprint density at radius 1 is 1.42 bits per heavy atom. The molecule has 1 aromatic carbocycles. The summed E-state index contributed by atoms with van der Waals surface area (Å²) < 4.78 is 0. The number of aromatic amines is 1. The summed E-state index contributed by atoms with van der Waals surface area (Å²) in [6.07, 6.45) is 3.93. The maximum atomic E-state index is 4.53. The molecule has 1 unspecified atom stereocenters. The second-order valence-corrected chi connectivity index (χ2v) is 5.59. The molecule has 0 amide bonds. The predicted molar refractivity (Wildman–Crippen MR) is 79.4 cm³/mol. The minimum absolute atomic E-state index is 0.829. The van der Waals surface area contributed by atoms with Crippen molar-refractivity contribution in [2.45, 2.75) is 19.3 Å². The summed E-state index contributed by atoms with van der Waals surface area (Å²) in [6, 6.07) is 8.14. The number of rotatable bonds is 4. The first-order valence-electron chi connectivity index (χ1n) is 7.18. The lowest BCUT2D eigenvalue weighted by Gasteiger charge is -2.29. The van der Waals surface area contributed by atoms with E-state index in [2.05, 4.69) is 33.3 Å². The minimum atomic E-state index is 0.829. The van der Waals surface area contributed by atoms with E-state index in [0.717, 1.165) is 29.4 Å². The fourth-order valence-corrected chi connectivity index (χ4v) is 2.94. The van der Waals surface area contributed by atoms with Gasteiger partial charge in [-0.25, -0.2) is 4.98 Å². The van der Waals surface area contributed by atoms with E-state index in [-0.39, 0.29) is 0 Å². The normalized spacial score (nSPS) is 20.8. The molecule has 0 radical (unpaired) electrons. The smallest absolute Gasteiger partial charge is 0.201 e. The van der Waals surface area contributed by atoms with Crippen molar-refractivity contribution in [3.8, 4) is 0 Å². The molecular formula is C15H22N4. The molecule has 1 atom stereocenters. The number of anilines is 1. The van der Waals surface area contributed by atoms with E-state index in [0.29, 0.717) is 0 Å². The predicted octanol–water partition coefficient (Wildman–Crippen LogP) is 2.71. The van der Waals surface area contributed by atoms with Crippen LogP contribution < -0.4 is 5.32 Å². The van der Waals surface area contributed by atoms with Crippen LogP contribution >= 0.6 is 0 Å². The molecule has 2 aromatic rings. The highest BCUT2D eigenvalue weighted by molar-refractivity contribution is 5.77. The van der Waals surface area contributed by atoms with Gasteiger partial charge in [-0.1, -0.05) is 12.1 Å². The molecule has 2 heterocycles. The first-order valence-corrected chi connectivity index (χ1v) is 7.18. The minimum Gasteiger partial charge on any atom is -0.356 e. The van der Waals surface area contributed by atoms with Crippen LogP contribution in [0.15, 0.2) is 24.3 Å². The van der Waals surface area contributed by atoms with E-state index in [4.69, 9.17) is 0 Å². The Kier molecular flexibility index (Phi) is 3.69. The summed E-state index contributed by atoms with van der Waals surface area (Å²) in [7, 11) is 2.22. The number of likely N-dealkylation sites (tertiary alicyclic amines) is 1. The van der Waals surface area contributed by atoms with Gasteiger partial charge in [0.1, 0.15) is 0 Å². The van der Waals surface area contributed by atoms with Crippen molar-refractivity contribution in [3.63, 3.8) is 0 Å². The molecule has 1 aliphatic heterocycles. The number of H-pyrrole nitrogens is 1.